The summed E-state index contributed by atoms with van der Waals surface area (Å²) in [5.41, 5.74) is 5.29. The lowest BCUT2D eigenvalue weighted by Crippen LogP contribution is -2.14. The molecule has 110 valence electrons. The Labute approximate surface area is 127 Å². The second-order valence-corrected chi connectivity index (χ2v) is 4.94. The van der Waals surface area contributed by atoms with Gasteiger partial charge in [0.15, 0.2) is 5.69 Å². The zero-order chi connectivity index (χ0) is 15.4. The number of hydrogen-bond acceptors (Lipinski definition) is 6. The first-order valence-electron chi connectivity index (χ1n) is 5.86. The Bertz CT molecular complexity index is 686. The maximum Gasteiger partial charge on any atom is 0.293 e. The van der Waals surface area contributed by atoms with Crippen molar-refractivity contribution in [3.63, 3.8) is 0 Å². The van der Waals surface area contributed by atoms with Gasteiger partial charge in [0, 0.05) is 17.1 Å². The van der Waals surface area contributed by atoms with E-state index in [0.717, 1.165) is 0 Å². The van der Waals surface area contributed by atoms with E-state index in [-0.39, 0.29) is 17.1 Å². The van der Waals surface area contributed by atoms with E-state index in [2.05, 4.69) is 31.6 Å². The van der Waals surface area contributed by atoms with E-state index >= 15 is 0 Å². The standard InChI is InChI=1S/C11H11BrN6O3/c12-7-1-2-8(10(5-7)18(20)21)14-11(19)9-6-17(4-3-13)16-15-9/h1-2,5-6H,3-4,13H2,(H,14,19). The fourth-order valence-electron chi connectivity index (χ4n) is 1.59. The summed E-state index contributed by atoms with van der Waals surface area (Å²) in [7, 11) is 0. The van der Waals surface area contributed by atoms with Crippen LogP contribution in [-0.2, 0) is 6.54 Å². The summed E-state index contributed by atoms with van der Waals surface area (Å²) < 4.78 is 1.96. The minimum Gasteiger partial charge on any atom is -0.329 e. The van der Waals surface area contributed by atoms with Gasteiger partial charge in [-0.1, -0.05) is 21.1 Å². The third kappa shape index (κ3) is 3.61. The van der Waals surface area contributed by atoms with Crippen LogP contribution in [0.4, 0.5) is 11.4 Å². The first-order valence-corrected chi connectivity index (χ1v) is 6.66. The van der Waals surface area contributed by atoms with Crippen LogP contribution in [0.1, 0.15) is 10.5 Å². The molecule has 1 heterocycles. The van der Waals surface area contributed by atoms with Gasteiger partial charge in [-0.2, -0.15) is 0 Å². The second-order valence-electron chi connectivity index (χ2n) is 4.03. The van der Waals surface area contributed by atoms with Crippen molar-refractivity contribution in [2.45, 2.75) is 6.54 Å². The van der Waals surface area contributed by atoms with E-state index in [0.29, 0.717) is 17.6 Å². The van der Waals surface area contributed by atoms with Crippen molar-refractivity contribution in [1.82, 2.24) is 15.0 Å². The molecular weight excluding hydrogens is 344 g/mol. The zero-order valence-corrected chi connectivity index (χ0v) is 12.3. The summed E-state index contributed by atoms with van der Waals surface area (Å²) in [6.45, 7) is 0.793. The molecule has 0 fully saturated rings. The normalized spacial score (nSPS) is 10.4. The predicted octanol–water partition coefficient (Wildman–Crippen LogP) is 1.16. The monoisotopic (exact) mass is 354 g/mol. The van der Waals surface area contributed by atoms with Crippen LogP contribution in [0.5, 0.6) is 0 Å². The predicted molar refractivity (Wildman–Crippen MR) is 77.8 cm³/mol. The lowest BCUT2D eigenvalue weighted by Gasteiger charge is -2.04. The Kier molecular flexibility index (Phi) is 4.60. The Hall–Kier alpha value is -2.33. The van der Waals surface area contributed by atoms with Crippen LogP contribution >= 0.6 is 15.9 Å². The molecule has 0 unspecified atom stereocenters. The van der Waals surface area contributed by atoms with Crippen LogP contribution in [0, 0.1) is 10.1 Å². The Balaban J connectivity index is 2.20. The number of hydrogen-bond donors (Lipinski definition) is 2. The van der Waals surface area contributed by atoms with Gasteiger partial charge >= 0.3 is 0 Å². The average Bonchev–Trinajstić information content (AvgIpc) is 2.89. The van der Waals surface area contributed by atoms with E-state index in [1.165, 1.54) is 23.0 Å². The minimum absolute atomic E-state index is 0.0562. The number of halogens is 1. The van der Waals surface area contributed by atoms with Gasteiger partial charge in [-0.05, 0) is 12.1 Å². The van der Waals surface area contributed by atoms with E-state index in [1.807, 2.05) is 0 Å². The van der Waals surface area contributed by atoms with Crippen molar-refractivity contribution < 1.29 is 9.72 Å². The largest absolute Gasteiger partial charge is 0.329 e. The molecule has 0 aliphatic rings. The summed E-state index contributed by atoms with van der Waals surface area (Å²) in [5.74, 6) is -0.580. The smallest absolute Gasteiger partial charge is 0.293 e. The van der Waals surface area contributed by atoms with Gasteiger partial charge in [-0.3, -0.25) is 19.6 Å². The number of nitrogens with two attached hydrogens (primary N) is 1. The first-order chi connectivity index (χ1) is 10.0. The number of amides is 1. The first kappa shape index (κ1) is 15.1. The number of benzene rings is 1. The molecule has 9 nitrogen and oxygen atoms in total. The molecule has 21 heavy (non-hydrogen) atoms. The molecule has 0 radical (unpaired) electrons. The SMILES string of the molecule is NCCn1cc(C(=O)Nc2ccc(Br)cc2[N+](=O)[O-])nn1. The van der Waals surface area contributed by atoms with Crippen LogP contribution in [-0.4, -0.2) is 32.4 Å². The van der Waals surface area contributed by atoms with Gasteiger partial charge in [-0.25, -0.2) is 0 Å². The van der Waals surface area contributed by atoms with Crippen molar-refractivity contribution in [2.75, 3.05) is 11.9 Å². The van der Waals surface area contributed by atoms with Crippen LogP contribution in [0.3, 0.4) is 0 Å². The number of carbonyl (C=O) groups is 1. The van der Waals surface area contributed by atoms with Gasteiger partial charge in [0.05, 0.1) is 17.7 Å². The van der Waals surface area contributed by atoms with Crippen molar-refractivity contribution in [2.24, 2.45) is 5.73 Å². The molecule has 2 aromatic rings. The highest BCUT2D eigenvalue weighted by molar-refractivity contribution is 9.10. The lowest BCUT2D eigenvalue weighted by molar-refractivity contribution is -0.384. The summed E-state index contributed by atoms with van der Waals surface area (Å²) in [4.78, 5) is 22.4. The van der Waals surface area contributed by atoms with E-state index in [9.17, 15) is 14.9 Å². The number of nitro benzene ring substituents is 1. The molecule has 0 spiro atoms. The summed E-state index contributed by atoms with van der Waals surface area (Å²) in [5, 5.41) is 20.8. The molecule has 0 bridgehead atoms. The number of carbonyl (C=O) groups excluding carboxylic acids is 1. The number of anilines is 1. The zero-order valence-electron chi connectivity index (χ0n) is 10.7. The molecule has 2 rings (SSSR count). The van der Waals surface area contributed by atoms with E-state index in [4.69, 9.17) is 5.73 Å². The highest BCUT2D eigenvalue weighted by Gasteiger charge is 2.18. The van der Waals surface area contributed by atoms with Crippen LogP contribution < -0.4 is 11.1 Å². The van der Waals surface area contributed by atoms with Gasteiger partial charge in [-0.15, -0.1) is 5.10 Å². The van der Waals surface area contributed by atoms with Crippen molar-refractivity contribution in [1.29, 1.82) is 0 Å². The molecule has 0 atom stereocenters. The second kappa shape index (κ2) is 6.41. The molecule has 3 N–H and O–H groups in total. The van der Waals surface area contributed by atoms with Crippen LogP contribution in [0.25, 0.3) is 0 Å². The molecule has 1 aromatic carbocycles. The van der Waals surface area contributed by atoms with Crippen LogP contribution in [0.2, 0.25) is 0 Å². The molecular formula is C11H11BrN6O3. The van der Waals surface area contributed by atoms with Crippen LogP contribution in [0.15, 0.2) is 28.9 Å². The topological polar surface area (TPSA) is 129 Å². The maximum absolute atomic E-state index is 12.0. The molecule has 0 aliphatic heterocycles. The minimum atomic E-state index is -0.580. The number of nitrogens with zero attached hydrogens (tertiary/aromatic N) is 4. The summed E-state index contributed by atoms with van der Waals surface area (Å²) >= 11 is 3.14. The molecule has 10 heteroatoms. The highest BCUT2D eigenvalue weighted by atomic mass is 79.9. The Morgan fingerprint density at radius 1 is 1.52 bits per heavy atom. The number of nitro groups is 1. The van der Waals surface area contributed by atoms with Crippen molar-refractivity contribution in [3.8, 4) is 0 Å². The van der Waals surface area contributed by atoms with Gasteiger partial charge in [0.1, 0.15) is 5.69 Å². The average molecular weight is 355 g/mol. The third-order valence-electron chi connectivity index (χ3n) is 2.53. The maximum atomic E-state index is 12.0. The Morgan fingerprint density at radius 2 is 2.29 bits per heavy atom. The molecule has 1 aromatic heterocycles. The number of rotatable bonds is 5. The quantitative estimate of drug-likeness (QED) is 0.612. The van der Waals surface area contributed by atoms with E-state index in [1.54, 1.807) is 6.07 Å². The van der Waals surface area contributed by atoms with Gasteiger partial charge < -0.3 is 11.1 Å². The Morgan fingerprint density at radius 3 is 2.95 bits per heavy atom. The molecule has 0 saturated heterocycles. The molecule has 1 amide bonds. The fraction of sp³-hybridized carbons (Fsp3) is 0.182. The van der Waals surface area contributed by atoms with E-state index < -0.39 is 10.8 Å². The highest BCUT2D eigenvalue weighted by Crippen LogP contribution is 2.28. The molecule has 0 saturated carbocycles. The third-order valence-corrected chi connectivity index (χ3v) is 3.03. The van der Waals surface area contributed by atoms with Crippen molar-refractivity contribution >= 4 is 33.2 Å². The summed E-state index contributed by atoms with van der Waals surface area (Å²) in [6.07, 6.45) is 1.42. The fourth-order valence-corrected chi connectivity index (χ4v) is 1.94. The van der Waals surface area contributed by atoms with Gasteiger partial charge in [0.2, 0.25) is 0 Å². The van der Waals surface area contributed by atoms with Gasteiger partial charge in [0.25, 0.3) is 11.6 Å². The number of nitrogens with one attached hydrogen (secondary N) is 1. The summed E-state index contributed by atoms with van der Waals surface area (Å²) in [6, 6.07) is 4.33. The lowest BCUT2D eigenvalue weighted by atomic mass is 10.2. The number of aromatic nitrogens is 3. The van der Waals surface area contributed by atoms with Crippen molar-refractivity contribution in [3.05, 3.63) is 44.7 Å². The molecule has 0 aliphatic carbocycles.